The summed E-state index contributed by atoms with van der Waals surface area (Å²) >= 11 is 0. The van der Waals surface area contributed by atoms with Crippen molar-refractivity contribution in [3.63, 3.8) is 0 Å². The van der Waals surface area contributed by atoms with Crippen LogP contribution in [0.15, 0.2) is 30.3 Å². The van der Waals surface area contributed by atoms with Gasteiger partial charge >= 0.3 is 0 Å². The number of hydrogen-bond acceptors (Lipinski definition) is 1. The number of rotatable bonds is 3. The van der Waals surface area contributed by atoms with Gasteiger partial charge in [0.25, 0.3) is 5.91 Å². The van der Waals surface area contributed by atoms with Gasteiger partial charge in [-0.2, -0.15) is 0 Å². The summed E-state index contributed by atoms with van der Waals surface area (Å²) in [7, 11) is 0. The highest BCUT2D eigenvalue weighted by atomic mass is 16.1. The minimum atomic E-state index is 0.0146. The Bertz CT molecular complexity index is 776. The fourth-order valence-electron chi connectivity index (χ4n) is 3.59. The van der Waals surface area contributed by atoms with E-state index in [4.69, 9.17) is 0 Å². The van der Waals surface area contributed by atoms with Gasteiger partial charge in [-0.15, -0.1) is 0 Å². The maximum atomic E-state index is 12.7. The van der Waals surface area contributed by atoms with E-state index in [2.05, 4.69) is 50.4 Å². The van der Waals surface area contributed by atoms with E-state index in [1.807, 2.05) is 13.0 Å². The first-order chi connectivity index (χ1) is 11.5. The third-order valence-corrected chi connectivity index (χ3v) is 5.31. The molecule has 0 spiro atoms. The van der Waals surface area contributed by atoms with Crippen molar-refractivity contribution in [1.82, 2.24) is 5.32 Å². The van der Waals surface area contributed by atoms with Crippen LogP contribution in [0.4, 0.5) is 0 Å². The van der Waals surface area contributed by atoms with Crippen LogP contribution >= 0.6 is 0 Å². The van der Waals surface area contributed by atoms with Gasteiger partial charge in [0.2, 0.25) is 0 Å². The lowest BCUT2D eigenvalue weighted by Gasteiger charge is -2.20. The van der Waals surface area contributed by atoms with Crippen molar-refractivity contribution in [3.05, 3.63) is 69.3 Å². The first-order valence-electron chi connectivity index (χ1n) is 8.96. The molecule has 0 bridgehead atoms. The maximum absolute atomic E-state index is 12.7. The van der Waals surface area contributed by atoms with Gasteiger partial charge in [-0.25, -0.2) is 0 Å². The van der Waals surface area contributed by atoms with Gasteiger partial charge in [0, 0.05) is 5.56 Å². The van der Waals surface area contributed by atoms with E-state index < -0.39 is 0 Å². The Kier molecular flexibility index (Phi) is 4.75. The molecule has 1 atom stereocenters. The molecule has 126 valence electrons. The molecule has 0 saturated heterocycles. The van der Waals surface area contributed by atoms with Crippen LogP contribution in [0.2, 0.25) is 0 Å². The van der Waals surface area contributed by atoms with Crippen LogP contribution in [-0.4, -0.2) is 5.91 Å². The van der Waals surface area contributed by atoms with Crippen LogP contribution in [0.5, 0.6) is 0 Å². The van der Waals surface area contributed by atoms with E-state index in [-0.39, 0.29) is 11.9 Å². The molecule has 1 N–H and O–H groups in total. The largest absolute Gasteiger partial charge is 0.346 e. The number of aryl methyl sites for hydroxylation is 5. The molecule has 0 aromatic heterocycles. The van der Waals surface area contributed by atoms with Crippen molar-refractivity contribution in [2.45, 2.75) is 59.4 Å². The zero-order chi connectivity index (χ0) is 17.3. The van der Waals surface area contributed by atoms with Gasteiger partial charge in [0.05, 0.1) is 6.04 Å². The van der Waals surface area contributed by atoms with Gasteiger partial charge in [0.1, 0.15) is 0 Å². The standard InChI is InChI=1S/C22H27NO/c1-14-11-16(3)21(12-15(14)2)22(24)23-17(4)19-10-9-18-7-5-6-8-20(18)13-19/h9-13,17H,5-8H2,1-4H3,(H,23,24)/t17-/m1/s1. The third-order valence-electron chi connectivity index (χ3n) is 5.31. The van der Waals surface area contributed by atoms with Crippen LogP contribution in [0.25, 0.3) is 0 Å². The number of carbonyl (C=O) groups is 1. The average Bonchev–Trinajstić information content (AvgIpc) is 2.57. The number of amides is 1. The Morgan fingerprint density at radius 1 is 0.917 bits per heavy atom. The lowest BCUT2D eigenvalue weighted by molar-refractivity contribution is 0.0939. The van der Waals surface area contributed by atoms with Gasteiger partial charge in [-0.3, -0.25) is 4.79 Å². The van der Waals surface area contributed by atoms with E-state index in [1.165, 1.54) is 47.9 Å². The molecule has 0 fully saturated rings. The van der Waals surface area contributed by atoms with Gasteiger partial charge in [0.15, 0.2) is 0 Å². The Labute approximate surface area is 145 Å². The summed E-state index contributed by atoms with van der Waals surface area (Å²) < 4.78 is 0. The molecule has 2 aromatic carbocycles. The lowest BCUT2D eigenvalue weighted by Crippen LogP contribution is -2.27. The summed E-state index contributed by atoms with van der Waals surface area (Å²) in [6.07, 6.45) is 4.93. The van der Waals surface area contributed by atoms with E-state index in [0.717, 1.165) is 16.7 Å². The van der Waals surface area contributed by atoms with Crippen molar-refractivity contribution in [2.75, 3.05) is 0 Å². The molecule has 2 aromatic rings. The normalized spacial score (nSPS) is 14.8. The molecule has 2 nitrogen and oxygen atoms in total. The van der Waals surface area contributed by atoms with Crippen molar-refractivity contribution in [2.24, 2.45) is 0 Å². The molecule has 0 saturated carbocycles. The SMILES string of the molecule is Cc1cc(C)c(C(=O)N[C@H](C)c2ccc3c(c2)CCCC3)cc1C. The van der Waals surface area contributed by atoms with E-state index >= 15 is 0 Å². The monoisotopic (exact) mass is 321 g/mol. The van der Waals surface area contributed by atoms with E-state index in [1.54, 1.807) is 0 Å². The molecule has 0 unspecified atom stereocenters. The van der Waals surface area contributed by atoms with Crippen LogP contribution in [0, 0.1) is 20.8 Å². The zero-order valence-corrected chi connectivity index (χ0v) is 15.2. The second kappa shape index (κ2) is 6.80. The molecule has 0 radical (unpaired) electrons. The lowest BCUT2D eigenvalue weighted by atomic mass is 9.89. The number of hydrogen-bond donors (Lipinski definition) is 1. The third kappa shape index (κ3) is 3.38. The number of nitrogens with one attached hydrogen (secondary N) is 1. The maximum Gasteiger partial charge on any atom is 0.252 e. The Balaban J connectivity index is 1.78. The summed E-state index contributed by atoms with van der Waals surface area (Å²) in [4.78, 5) is 12.7. The highest BCUT2D eigenvalue weighted by Gasteiger charge is 2.16. The molecule has 3 rings (SSSR count). The summed E-state index contributed by atoms with van der Waals surface area (Å²) in [5.74, 6) is 0.0146. The summed E-state index contributed by atoms with van der Waals surface area (Å²) in [5, 5.41) is 3.17. The van der Waals surface area contributed by atoms with Crippen molar-refractivity contribution in [1.29, 1.82) is 0 Å². The Hall–Kier alpha value is -2.09. The summed E-state index contributed by atoms with van der Waals surface area (Å²) in [6, 6.07) is 10.8. The predicted molar refractivity (Wildman–Crippen MR) is 99.6 cm³/mol. The number of benzene rings is 2. The first kappa shape index (κ1) is 16.8. The van der Waals surface area contributed by atoms with Gasteiger partial charge in [-0.1, -0.05) is 24.3 Å². The van der Waals surface area contributed by atoms with Crippen LogP contribution in [-0.2, 0) is 12.8 Å². The van der Waals surface area contributed by atoms with Gasteiger partial charge < -0.3 is 5.32 Å². The van der Waals surface area contributed by atoms with Crippen molar-refractivity contribution in [3.8, 4) is 0 Å². The molecule has 1 amide bonds. The van der Waals surface area contributed by atoms with Crippen LogP contribution < -0.4 is 5.32 Å². The summed E-state index contributed by atoms with van der Waals surface area (Å²) in [6.45, 7) is 8.21. The fourth-order valence-corrected chi connectivity index (χ4v) is 3.59. The number of carbonyl (C=O) groups excluding carboxylic acids is 1. The second-order valence-electron chi connectivity index (χ2n) is 7.18. The molecular weight excluding hydrogens is 294 g/mol. The molecule has 2 heteroatoms. The highest BCUT2D eigenvalue weighted by molar-refractivity contribution is 5.96. The molecule has 1 aliphatic rings. The second-order valence-corrected chi connectivity index (χ2v) is 7.18. The summed E-state index contributed by atoms with van der Waals surface area (Å²) in [5.41, 5.74) is 8.34. The predicted octanol–water partition coefficient (Wildman–Crippen LogP) is 4.98. The molecular formula is C22H27NO. The Morgan fingerprint density at radius 2 is 1.58 bits per heavy atom. The van der Waals surface area contributed by atoms with E-state index in [0.29, 0.717) is 0 Å². The minimum Gasteiger partial charge on any atom is -0.346 e. The Morgan fingerprint density at radius 3 is 2.33 bits per heavy atom. The number of fused-ring (bicyclic) bond motifs is 1. The molecule has 1 aliphatic carbocycles. The van der Waals surface area contributed by atoms with Crippen LogP contribution in [0.3, 0.4) is 0 Å². The van der Waals surface area contributed by atoms with Crippen molar-refractivity contribution >= 4 is 5.91 Å². The minimum absolute atomic E-state index is 0.0146. The quantitative estimate of drug-likeness (QED) is 0.848. The van der Waals surface area contributed by atoms with E-state index in [9.17, 15) is 4.79 Å². The van der Waals surface area contributed by atoms with Crippen molar-refractivity contribution < 1.29 is 4.79 Å². The zero-order valence-electron chi connectivity index (χ0n) is 15.2. The first-order valence-corrected chi connectivity index (χ1v) is 8.96. The van der Waals surface area contributed by atoms with Gasteiger partial charge in [-0.05, 0) is 92.8 Å². The average molecular weight is 321 g/mol. The fraction of sp³-hybridized carbons (Fsp3) is 0.409. The van der Waals surface area contributed by atoms with Crippen LogP contribution in [0.1, 0.15) is 69.5 Å². The molecule has 0 heterocycles. The highest BCUT2D eigenvalue weighted by Crippen LogP contribution is 2.25. The molecule has 24 heavy (non-hydrogen) atoms. The molecule has 0 aliphatic heterocycles. The smallest absolute Gasteiger partial charge is 0.252 e. The topological polar surface area (TPSA) is 29.1 Å².